The van der Waals surface area contributed by atoms with Gasteiger partial charge in [0.15, 0.2) is 11.5 Å². The first-order chi connectivity index (χ1) is 14.5. The molecule has 0 saturated carbocycles. The van der Waals surface area contributed by atoms with Crippen molar-refractivity contribution in [1.82, 2.24) is 5.32 Å². The van der Waals surface area contributed by atoms with E-state index in [0.29, 0.717) is 18.6 Å². The molecular weight excluding hydrogens is 383 g/mol. The van der Waals surface area contributed by atoms with Crippen LogP contribution < -0.4 is 20.1 Å². The minimum atomic E-state index is -0.285. The van der Waals surface area contributed by atoms with Gasteiger partial charge in [0.25, 0.3) is 0 Å². The summed E-state index contributed by atoms with van der Waals surface area (Å²) < 4.78 is 24.1. The number of fused-ring (bicyclic) bond motifs is 1. The summed E-state index contributed by atoms with van der Waals surface area (Å²) in [5.41, 5.74) is 3.81. The zero-order chi connectivity index (χ0) is 20.9. The number of nitrogens with one attached hydrogen (secondary N) is 2. The number of rotatable bonds is 6. The molecule has 2 N–H and O–H groups in total. The number of urea groups is 1. The van der Waals surface area contributed by atoms with Gasteiger partial charge >= 0.3 is 6.03 Å². The lowest BCUT2D eigenvalue weighted by molar-refractivity contribution is 0.174. The van der Waals surface area contributed by atoms with Crippen LogP contribution in [0.1, 0.15) is 16.7 Å². The summed E-state index contributed by atoms with van der Waals surface area (Å²) in [6, 6.07) is 19.2. The Hall–Kier alpha value is -3.54. The third-order valence-electron chi connectivity index (χ3n) is 4.96. The monoisotopic (exact) mass is 406 g/mol. The fraction of sp³-hybridized carbons (Fsp3) is 0.208. The molecule has 0 fully saturated rings. The van der Waals surface area contributed by atoms with Gasteiger partial charge in [0, 0.05) is 11.7 Å². The van der Waals surface area contributed by atoms with Crippen LogP contribution in [0.25, 0.3) is 0 Å². The highest BCUT2D eigenvalue weighted by molar-refractivity contribution is 5.89. The first-order valence-electron chi connectivity index (χ1n) is 9.82. The summed E-state index contributed by atoms with van der Waals surface area (Å²) in [5.74, 6) is 1.15. The topological polar surface area (TPSA) is 59.6 Å². The van der Waals surface area contributed by atoms with Gasteiger partial charge in [0.2, 0.25) is 6.79 Å². The highest BCUT2D eigenvalue weighted by atomic mass is 19.1. The third kappa shape index (κ3) is 5.08. The van der Waals surface area contributed by atoms with Gasteiger partial charge in [-0.25, -0.2) is 9.18 Å². The van der Waals surface area contributed by atoms with Crippen LogP contribution in [0, 0.1) is 12.7 Å². The number of anilines is 1. The second-order valence-corrected chi connectivity index (χ2v) is 7.38. The smallest absolute Gasteiger partial charge is 0.319 e. The normalized spacial score (nSPS) is 13.0. The molecule has 0 bridgehead atoms. The van der Waals surface area contributed by atoms with E-state index in [4.69, 9.17) is 9.47 Å². The Morgan fingerprint density at radius 1 is 0.933 bits per heavy atom. The lowest BCUT2D eigenvalue weighted by Gasteiger charge is -2.20. The van der Waals surface area contributed by atoms with Gasteiger partial charge < -0.3 is 20.1 Å². The maximum absolute atomic E-state index is 13.3. The van der Waals surface area contributed by atoms with Gasteiger partial charge in [-0.15, -0.1) is 0 Å². The molecule has 0 spiro atoms. The van der Waals surface area contributed by atoms with Gasteiger partial charge in [-0.3, -0.25) is 0 Å². The summed E-state index contributed by atoms with van der Waals surface area (Å²) in [7, 11) is 0. The number of carbonyl (C=O) groups excluding carboxylic acids is 1. The Bertz CT molecular complexity index is 1020. The lowest BCUT2D eigenvalue weighted by Crippen LogP contribution is -2.40. The van der Waals surface area contributed by atoms with Crippen molar-refractivity contribution in [1.29, 1.82) is 0 Å². The summed E-state index contributed by atoms with van der Waals surface area (Å²) in [4.78, 5) is 12.6. The van der Waals surface area contributed by atoms with E-state index in [1.54, 1.807) is 12.1 Å². The Morgan fingerprint density at radius 3 is 2.37 bits per heavy atom. The molecule has 1 atom stereocenters. The molecule has 3 aromatic carbocycles. The molecule has 4 rings (SSSR count). The van der Waals surface area contributed by atoms with Crippen molar-refractivity contribution in [3.63, 3.8) is 0 Å². The van der Waals surface area contributed by atoms with E-state index in [9.17, 15) is 9.18 Å². The number of ether oxygens (including phenoxy) is 2. The fourth-order valence-corrected chi connectivity index (χ4v) is 3.42. The van der Waals surface area contributed by atoms with Crippen molar-refractivity contribution >= 4 is 11.7 Å². The number of halogens is 1. The minimum Gasteiger partial charge on any atom is -0.454 e. The number of hydrogen-bond acceptors (Lipinski definition) is 3. The standard InChI is InChI=1S/C24H23FN2O3/c1-16-2-9-20(10-3-16)26-24(28)27-21(12-17-4-7-19(25)8-5-17)13-18-6-11-22-23(14-18)30-15-29-22/h2-11,14,21H,12-13,15H2,1H3,(H2,26,27,28)/t21-/m0/s1. The Labute approximate surface area is 174 Å². The first-order valence-corrected chi connectivity index (χ1v) is 9.82. The van der Waals surface area contributed by atoms with Crippen molar-refractivity contribution in [2.24, 2.45) is 0 Å². The van der Waals surface area contributed by atoms with Crippen molar-refractivity contribution in [2.45, 2.75) is 25.8 Å². The molecule has 30 heavy (non-hydrogen) atoms. The summed E-state index contributed by atoms with van der Waals surface area (Å²) in [5, 5.41) is 5.91. The van der Waals surface area contributed by atoms with Crippen LogP contribution in [0.15, 0.2) is 66.7 Å². The third-order valence-corrected chi connectivity index (χ3v) is 4.96. The predicted molar refractivity (Wildman–Crippen MR) is 113 cm³/mol. The molecular formula is C24H23FN2O3. The van der Waals surface area contributed by atoms with Crippen molar-refractivity contribution in [3.8, 4) is 11.5 Å². The second-order valence-electron chi connectivity index (χ2n) is 7.38. The summed E-state index contributed by atoms with van der Waals surface area (Å²) in [6.07, 6.45) is 1.16. The van der Waals surface area contributed by atoms with E-state index >= 15 is 0 Å². The molecule has 0 aromatic heterocycles. The second kappa shape index (κ2) is 8.86. The van der Waals surface area contributed by atoms with E-state index in [1.807, 2.05) is 49.4 Å². The largest absolute Gasteiger partial charge is 0.454 e. The van der Waals surface area contributed by atoms with E-state index < -0.39 is 0 Å². The molecule has 5 nitrogen and oxygen atoms in total. The van der Waals surface area contributed by atoms with Gasteiger partial charge in [0.1, 0.15) is 5.82 Å². The van der Waals surface area contributed by atoms with Crippen molar-refractivity contribution < 1.29 is 18.7 Å². The number of hydrogen-bond donors (Lipinski definition) is 2. The SMILES string of the molecule is Cc1ccc(NC(=O)N[C@@H](Cc2ccc(F)cc2)Cc2ccc3c(c2)OCO3)cc1. The molecule has 0 unspecified atom stereocenters. The van der Waals surface area contributed by atoms with E-state index in [1.165, 1.54) is 12.1 Å². The van der Waals surface area contributed by atoms with Crippen LogP contribution >= 0.6 is 0 Å². The zero-order valence-corrected chi connectivity index (χ0v) is 16.7. The maximum Gasteiger partial charge on any atom is 0.319 e. The lowest BCUT2D eigenvalue weighted by atomic mass is 9.98. The Morgan fingerprint density at radius 2 is 1.60 bits per heavy atom. The number of amides is 2. The van der Waals surface area contributed by atoms with Gasteiger partial charge in [-0.05, 0) is 67.3 Å². The molecule has 0 radical (unpaired) electrons. The highest BCUT2D eigenvalue weighted by Crippen LogP contribution is 2.33. The van der Waals surface area contributed by atoms with Crippen LogP contribution in [-0.2, 0) is 12.8 Å². The molecule has 2 amide bonds. The predicted octanol–water partition coefficient (Wildman–Crippen LogP) is 4.84. The molecule has 1 heterocycles. The zero-order valence-electron chi connectivity index (χ0n) is 16.7. The molecule has 3 aromatic rings. The van der Waals surface area contributed by atoms with E-state index in [-0.39, 0.29) is 24.7 Å². The fourth-order valence-electron chi connectivity index (χ4n) is 3.42. The number of aryl methyl sites for hydroxylation is 1. The summed E-state index contributed by atoms with van der Waals surface area (Å²) in [6.45, 7) is 2.21. The van der Waals surface area contributed by atoms with E-state index in [0.717, 1.165) is 28.1 Å². The van der Waals surface area contributed by atoms with Crippen molar-refractivity contribution in [3.05, 3.63) is 89.2 Å². The van der Waals surface area contributed by atoms with Crippen LogP contribution in [0.3, 0.4) is 0 Å². The molecule has 154 valence electrons. The summed E-state index contributed by atoms with van der Waals surface area (Å²) >= 11 is 0. The van der Waals surface area contributed by atoms with Gasteiger partial charge in [-0.1, -0.05) is 35.9 Å². The van der Waals surface area contributed by atoms with Crippen LogP contribution in [-0.4, -0.2) is 18.9 Å². The highest BCUT2D eigenvalue weighted by Gasteiger charge is 2.18. The molecule has 6 heteroatoms. The van der Waals surface area contributed by atoms with Crippen molar-refractivity contribution in [2.75, 3.05) is 12.1 Å². The van der Waals surface area contributed by atoms with Crippen LogP contribution in [0.5, 0.6) is 11.5 Å². The maximum atomic E-state index is 13.3. The van der Waals surface area contributed by atoms with Crippen LogP contribution in [0.4, 0.5) is 14.9 Å². The number of benzene rings is 3. The molecule has 0 aliphatic carbocycles. The quantitative estimate of drug-likeness (QED) is 0.616. The average Bonchev–Trinajstić information content (AvgIpc) is 3.19. The van der Waals surface area contributed by atoms with Gasteiger partial charge in [-0.2, -0.15) is 0 Å². The van der Waals surface area contributed by atoms with E-state index in [2.05, 4.69) is 10.6 Å². The molecule has 1 aliphatic rings. The molecule has 0 saturated heterocycles. The molecule has 1 aliphatic heterocycles. The number of carbonyl (C=O) groups is 1. The minimum absolute atomic E-state index is 0.193. The Balaban J connectivity index is 1.47. The first kappa shape index (κ1) is 19.8. The van der Waals surface area contributed by atoms with Crippen LogP contribution in [0.2, 0.25) is 0 Å². The average molecular weight is 406 g/mol. The van der Waals surface area contributed by atoms with Gasteiger partial charge in [0.05, 0.1) is 0 Å². The Kier molecular flexibility index (Phi) is 5.84.